The lowest BCUT2D eigenvalue weighted by molar-refractivity contribution is 1.27. The summed E-state index contributed by atoms with van der Waals surface area (Å²) in [6.45, 7) is 0. The van der Waals surface area contributed by atoms with Crippen molar-refractivity contribution in [1.82, 2.24) is 0 Å². The second-order valence-electron chi connectivity index (χ2n) is 4.81. The standard InChI is InChI=1S/C19H14NP/c20-12-11-15-13-18(16-7-3-1-4-8-16)21-19(14-15)17-9-5-2-6-10-17/h1-10,13-14H,11H2. The molecule has 0 unspecified atom stereocenters. The van der Waals surface area contributed by atoms with Gasteiger partial charge < -0.3 is 0 Å². The molecule has 0 spiro atoms. The summed E-state index contributed by atoms with van der Waals surface area (Å²) in [4.78, 5) is 0. The molecule has 21 heavy (non-hydrogen) atoms. The van der Waals surface area contributed by atoms with Crippen molar-refractivity contribution in [1.29, 1.82) is 5.26 Å². The average molecular weight is 287 g/mol. The minimum absolute atomic E-state index is 0.447. The fraction of sp³-hybridized carbons (Fsp3) is 0.0526. The van der Waals surface area contributed by atoms with Gasteiger partial charge in [0.25, 0.3) is 0 Å². The lowest BCUT2D eigenvalue weighted by Gasteiger charge is -2.08. The van der Waals surface area contributed by atoms with Gasteiger partial charge >= 0.3 is 0 Å². The molecule has 1 heterocycles. The van der Waals surface area contributed by atoms with E-state index < -0.39 is 0 Å². The maximum Gasteiger partial charge on any atom is 0.0669 e. The van der Waals surface area contributed by atoms with Gasteiger partial charge in [-0.15, -0.1) is 0 Å². The fourth-order valence-electron chi connectivity index (χ4n) is 2.29. The molecule has 0 aliphatic rings. The molecule has 0 aliphatic carbocycles. The maximum absolute atomic E-state index is 9.00. The predicted octanol–water partition coefficient (Wildman–Crippen LogP) is 5.67. The minimum atomic E-state index is 0.447. The summed E-state index contributed by atoms with van der Waals surface area (Å²) in [5, 5.41) is 11.5. The van der Waals surface area contributed by atoms with Gasteiger partial charge in [-0.2, -0.15) is 5.26 Å². The molecule has 100 valence electrons. The Kier molecular flexibility index (Phi) is 4.10. The first-order valence-electron chi connectivity index (χ1n) is 6.85. The molecule has 2 aromatic carbocycles. The molecule has 0 radical (unpaired) electrons. The van der Waals surface area contributed by atoms with Gasteiger partial charge in [0, 0.05) is 10.6 Å². The van der Waals surface area contributed by atoms with Crippen molar-refractivity contribution in [2.75, 3.05) is 0 Å². The van der Waals surface area contributed by atoms with E-state index in [0.717, 1.165) is 5.56 Å². The van der Waals surface area contributed by atoms with Gasteiger partial charge in [-0.1, -0.05) is 68.9 Å². The molecule has 0 atom stereocenters. The predicted molar refractivity (Wildman–Crippen MR) is 89.1 cm³/mol. The van der Waals surface area contributed by atoms with Crippen molar-refractivity contribution >= 4 is 8.19 Å². The van der Waals surface area contributed by atoms with Crippen LogP contribution in [0.4, 0.5) is 0 Å². The van der Waals surface area contributed by atoms with Gasteiger partial charge in [0.05, 0.1) is 12.5 Å². The Morgan fingerprint density at radius 1 is 0.762 bits per heavy atom. The summed E-state index contributed by atoms with van der Waals surface area (Å²) in [5.41, 5.74) is 3.52. The Morgan fingerprint density at radius 3 is 1.67 bits per heavy atom. The Bertz CT molecular complexity index is 716. The molecule has 0 saturated carbocycles. The molecule has 1 aromatic heterocycles. The van der Waals surface area contributed by atoms with E-state index in [1.54, 1.807) is 0 Å². The summed E-state index contributed by atoms with van der Waals surface area (Å²) in [5.74, 6) is 0. The zero-order chi connectivity index (χ0) is 14.5. The van der Waals surface area contributed by atoms with Crippen LogP contribution in [0.2, 0.25) is 0 Å². The first-order chi connectivity index (χ1) is 10.4. The first-order valence-corrected chi connectivity index (χ1v) is 7.75. The van der Waals surface area contributed by atoms with E-state index in [0.29, 0.717) is 6.42 Å². The normalized spacial score (nSPS) is 10.0. The van der Waals surface area contributed by atoms with E-state index in [-0.39, 0.29) is 0 Å². The van der Waals surface area contributed by atoms with Crippen LogP contribution in [0.3, 0.4) is 0 Å². The zero-order valence-corrected chi connectivity index (χ0v) is 12.4. The monoisotopic (exact) mass is 287 g/mol. The molecule has 0 fully saturated rings. The third-order valence-electron chi connectivity index (χ3n) is 3.31. The summed E-state index contributed by atoms with van der Waals surface area (Å²) in [6.07, 6.45) is 0.447. The third kappa shape index (κ3) is 3.19. The van der Waals surface area contributed by atoms with E-state index in [1.165, 1.54) is 29.9 Å². The number of hydrogen-bond acceptors (Lipinski definition) is 1. The Morgan fingerprint density at radius 2 is 1.24 bits per heavy atom. The van der Waals surface area contributed by atoms with Gasteiger partial charge in [0.2, 0.25) is 0 Å². The van der Waals surface area contributed by atoms with Crippen LogP contribution in [-0.4, -0.2) is 0 Å². The molecular weight excluding hydrogens is 273 g/mol. The van der Waals surface area contributed by atoms with Crippen LogP contribution in [0.5, 0.6) is 0 Å². The van der Waals surface area contributed by atoms with Gasteiger partial charge in [-0.3, -0.25) is 0 Å². The topological polar surface area (TPSA) is 23.8 Å². The van der Waals surface area contributed by atoms with Crippen LogP contribution in [0.1, 0.15) is 5.56 Å². The largest absolute Gasteiger partial charge is 0.198 e. The molecule has 2 heteroatoms. The van der Waals surface area contributed by atoms with Gasteiger partial charge in [0.15, 0.2) is 0 Å². The van der Waals surface area contributed by atoms with Crippen LogP contribution in [0, 0.1) is 11.3 Å². The number of hydrogen-bond donors (Lipinski definition) is 0. The fourth-order valence-corrected chi connectivity index (χ4v) is 3.57. The first kappa shape index (κ1) is 13.6. The minimum Gasteiger partial charge on any atom is -0.198 e. The van der Waals surface area contributed by atoms with Crippen LogP contribution in [-0.2, 0) is 6.42 Å². The van der Waals surface area contributed by atoms with E-state index in [2.05, 4.69) is 66.7 Å². The lowest BCUT2D eigenvalue weighted by atomic mass is 10.1. The van der Waals surface area contributed by atoms with E-state index in [9.17, 15) is 0 Å². The van der Waals surface area contributed by atoms with E-state index in [1.807, 2.05) is 12.1 Å². The summed E-state index contributed by atoms with van der Waals surface area (Å²) in [6, 6.07) is 27.3. The van der Waals surface area contributed by atoms with Crippen LogP contribution in [0.25, 0.3) is 21.7 Å². The molecule has 0 aliphatic heterocycles. The molecule has 0 bridgehead atoms. The highest BCUT2D eigenvalue weighted by Gasteiger charge is 2.06. The van der Waals surface area contributed by atoms with Crippen molar-refractivity contribution in [3.05, 3.63) is 78.4 Å². The third-order valence-corrected chi connectivity index (χ3v) is 4.56. The second-order valence-corrected chi connectivity index (χ2v) is 6.00. The van der Waals surface area contributed by atoms with Crippen LogP contribution >= 0.6 is 8.19 Å². The number of benzene rings is 2. The Labute approximate surface area is 126 Å². The van der Waals surface area contributed by atoms with Crippen molar-refractivity contribution < 1.29 is 0 Å². The molecule has 0 saturated heterocycles. The van der Waals surface area contributed by atoms with Crippen LogP contribution < -0.4 is 0 Å². The molecule has 0 amide bonds. The highest BCUT2D eigenvalue weighted by molar-refractivity contribution is 7.37. The van der Waals surface area contributed by atoms with Gasteiger partial charge in [0.1, 0.15) is 0 Å². The summed E-state index contributed by atoms with van der Waals surface area (Å²) in [7, 11) is 1.19. The highest BCUT2D eigenvalue weighted by atomic mass is 31.0. The van der Waals surface area contributed by atoms with Gasteiger partial charge in [-0.05, 0) is 28.8 Å². The van der Waals surface area contributed by atoms with Gasteiger partial charge in [-0.25, -0.2) is 0 Å². The summed E-state index contributed by atoms with van der Waals surface area (Å²) < 4.78 is 0. The number of nitrogens with zero attached hydrogens (tertiary/aromatic N) is 1. The molecule has 1 nitrogen and oxygen atoms in total. The van der Waals surface area contributed by atoms with Crippen molar-refractivity contribution in [3.8, 4) is 27.8 Å². The Hall–Kier alpha value is -2.42. The van der Waals surface area contributed by atoms with E-state index >= 15 is 0 Å². The van der Waals surface area contributed by atoms with E-state index in [4.69, 9.17) is 5.26 Å². The smallest absolute Gasteiger partial charge is 0.0669 e. The van der Waals surface area contributed by atoms with Crippen molar-refractivity contribution in [2.24, 2.45) is 0 Å². The molecular formula is C19H14NP. The SMILES string of the molecule is N#CCc1cc(-c2ccccc2)pc(-c2ccccc2)c1. The zero-order valence-electron chi connectivity index (χ0n) is 11.5. The molecule has 0 N–H and O–H groups in total. The Balaban J connectivity index is 2.13. The lowest BCUT2D eigenvalue weighted by Crippen LogP contribution is -1.84. The maximum atomic E-state index is 9.00. The quantitative estimate of drug-likeness (QED) is 0.609. The summed E-state index contributed by atoms with van der Waals surface area (Å²) >= 11 is 0. The highest BCUT2D eigenvalue weighted by Crippen LogP contribution is 2.38. The average Bonchev–Trinajstić information content (AvgIpc) is 2.56. The molecule has 3 rings (SSSR count). The number of rotatable bonds is 3. The molecule has 3 aromatic rings. The number of nitriles is 1. The second kappa shape index (κ2) is 6.35. The van der Waals surface area contributed by atoms with Crippen LogP contribution in [0.15, 0.2) is 72.8 Å². The van der Waals surface area contributed by atoms with Crippen molar-refractivity contribution in [3.63, 3.8) is 0 Å². The van der Waals surface area contributed by atoms with Crippen molar-refractivity contribution in [2.45, 2.75) is 6.42 Å².